The smallest absolute Gasteiger partial charge is 0.247 e. The Balaban J connectivity index is 2.20. The molecule has 1 aromatic heterocycles. The Morgan fingerprint density at radius 1 is 1.50 bits per heavy atom. The second kappa shape index (κ2) is 3.47. The summed E-state index contributed by atoms with van der Waals surface area (Å²) >= 11 is 0. The third-order valence-corrected chi connectivity index (χ3v) is 1.98. The third kappa shape index (κ3) is 1.57. The lowest BCUT2D eigenvalue weighted by atomic mass is 10.3. The number of hydrogen-bond acceptors (Lipinski definition) is 4. The summed E-state index contributed by atoms with van der Waals surface area (Å²) in [5, 5.41) is 1.75. The van der Waals surface area contributed by atoms with E-state index in [2.05, 4.69) is 10.4 Å². The van der Waals surface area contributed by atoms with Gasteiger partial charge in [-0.05, 0) is 12.1 Å². The average Bonchev–Trinajstić information content (AvgIpc) is 2.68. The highest BCUT2D eigenvalue weighted by atomic mass is 16.1. The fourth-order valence-electron chi connectivity index (χ4n) is 1.24. The Hall–Kier alpha value is -1.88. The van der Waals surface area contributed by atoms with Gasteiger partial charge in [0.2, 0.25) is 5.91 Å². The maximum atomic E-state index is 10.9. The van der Waals surface area contributed by atoms with Gasteiger partial charge in [0.1, 0.15) is 0 Å². The van der Waals surface area contributed by atoms with Crippen LogP contribution in [0.15, 0.2) is 36.3 Å². The van der Waals surface area contributed by atoms with Gasteiger partial charge in [-0.15, -0.1) is 0 Å². The van der Waals surface area contributed by atoms with Gasteiger partial charge < -0.3 is 5.73 Å². The van der Waals surface area contributed by atoms with E-state index in [1.165, 1.54) is 0 Å². The minimum atomic E-state index is -0.394. The summed E-state index contributed by atoms with van der Waals surface area (Å²) in [6, 6.07) is 3.68. The third-order valence-electron chi connectivity index (χ3n) is 1.98. The molecule has 5 nitrogen and oxygen atoms in total. The van der Waals surface area contributed by atoms with E-state index in [0.717, 1.165) is 5.69 Å². The van der Waals surface area contributed by atoms with Crippen LogP contribution in [-0.2, 0) is 4.79 Å². The number of pyridine rings is 1. The molecule has 1 amide bonds. The van der Waals surface area contributed by atoms with Crippen LogP contribution < -0.4 is 16.2 Å². The van der Waals surface area contributed by atoms with Crippen LogP contribution in [-0.4, -0.2) is 17.4 Å². The SMILES string of the molecule is NC(=O)C1=CN(c2ccncc2)NC1. The predicted molar refractivity (Wildman–Crippen MR) is 52.0 cm³/mol. The molecule has 2 heterocycles. The molecule has 72 valence electrons. The summed E-state index contributed by atoms with van der Waals surface area (Å²) in [6.07, 6.45) is 5.07. The van der Waals surface area contributed by atoms with Crippen LogP contribution >= 0.6 is 0 Å². The fraction of sp³-hybridized carbons (Fsp3) is 0.111. The first-order chi connectivity index (χ1) is 6.77. The minimum Gasteiger partial charge on any atom is -0.366 e. The van der Waals surface area contributed by atoms with Crippen LogP contribution in [0.25, 0.3) is 0 Å². The summed E-state index contributed by atoms with van der Waals surface area (Å²) < 4.78 is 0. The van der Waals surface area contributed by atoms with Crippen LogP contribution in [0.3, 0.4) is 0 Å². The van der Waals surface area contributed by atoms with Gasteiger partial charge in [0.05, 0.1) is 11.3 Å². The zero-order valence-electron chi connectivity index (χ0n) is 7.47. The van der Waals surface area contributed by atoms with Crippen LogP contribution in [0.5, 0.6) is 0 Å². The highest BCUT2D eigenvalue weighted by Crippen LogP contribution is 2.14. The number of amides is 1. The van der Waals surface area contributed by atoms with Crippen molar-refractivity contribution in [2.45, 2.75) is 0 Å². The van der Waals surface area contributed by atoms with Gasteiger partial charge in [0, 0.05) is 25.1 Å². The molecule has 0 aliphatic carbocycles. The van der Waals surface area contributed by atoms with Gasteiger partial charge in [-0.1, -0.05) is 0 Å². The number of carbonyl (C=O) groups is 1. The molecule has 0 saturated carbocycles. The number of hydrazine groups is 1. The molecule has 0 saturated heterocycles. The number of hydrogen-bond donors (Lipinski definition) is 2. The van der Waals surface area contributed by atoms with Crippen molar-refractivity contribution in [1.82, 2.24) is 10.4 Å². The van der Waals surface area contributed by atoms with Gasteiger partial charge in [0.25, 0.3) is 0 Å². The predicted octanol–water partition coefficient (Wildman–Crippen LogP) is -0.225. The number of nitrogens with two attached hydrogens (primary N) is 1. The molecule has 0 fully saturated rings. The van der Waals surface area contributed by atoms with E-state index < -0.39 is 5.91 Å². The lowest BCUT2D eigenvalue weighted by molar-refractivity contribution is -0.114. The molecule has 1 aliphatic rings. The minimum absolute atomic E-state index is 0.394. The van der Waals surface area contributed by atoms with E-state index in [0.29, 0.717) is 12.1 Å². The lowest BCUT2D eigenvalue weighted by Gasteiger charge is -2.14. The quantitative estimate of drug-likeness (QED) is 0.676. The first kappa shape index (κ1) is 8.71. The summed E-state index contributed by atoms with van der Waals surface area (Å²) in [4.78, 5) is 14.8. The molecule has 0 aromatic carbocycles. The number of rotatable bonds is 2. The van der Waals surface area contributed by atoms with Gasteiger partial charge >= 0.3 is 0 Å². The molecular formula is C9H10N4O. The molecule has 0 unspecified atom stereocenters. The number of primary amides is 1. The van der Waals surface area contributed by atoms with E-state index >= 15 is 0 Å². The lowest BCUT2D eigenvalue weighted by Crippen LogP contribution is -2.28. The van der Waals surface area contributed by atoms with Crippen molar-refractivity contribution >= 4 is 11.6 Å². The molecule has 14 heavy (non-hydrogen) atoms. The molecule has 0 radical (unpaired) electrons. The molecule has 3 N–H and O–H groups in total. The van der Waals surface area contributed by atoms with Crippen molar-refractivity contribution in [3.63, 3.8) is 0 Å². The second-order valence-electron chi connectivity index (χ2n) is 2.93. The standard InChI is InChI=1S/C9H10N4O/c10-9(14)7-5-12-13(6-7)8-1-3-11-4-2-8/h1-4,6,12H,5H2,(H2,10,14). The second-order valence-corrected chi connectivity index (χ2v) is 2.93. The average molecular weight is 190 g/mol. The number of aromatic nitrogens is 1. The normalized spacial score (nSPS) is 15.4. The highest BCUT2D eigenvalue weighted by Gasteiger charge is 2.16. The summed E-state index contributed by atoms with van der Waals surface area (Å²) in [6.45, 7) is 0.470. The first-order valence-electron chi connectivity index (χ1n) is 4.20. The van der Waals surface area contributed by atoms with Crippen molar-refractivity contribution in [2.75, 3.05) is 11.6 Å². The Kier molecular flexibility index (Phi) is 2.16. The molecular weight excluding hydrogens is 180 g/mol. The molecule has 5 heteroatoms. The summed E-state index contributed by atoms with van der Waals surface area (Å²) in [5.74, 6) is -0.394. The maximum Gasteiger partial charge on any atom is 0.247 e. The van der Waals surface area contributed by atoms with E-state index in [4.69, 9.17) is 5.73 Å². The van der Waals surface area contributed by atoms with E-state index in [1.54, 1.807) is 23.6 Å². The van der Waals surface area contributed by atoms with Crippen LogP contribution in [0.1, 0.15) is 0 Å². The van der Waals surface area contributed by atoms with Crippen molar-refractivity contribution in [3.8, 4) is 0 Å². The topological polar surface area (TPSA) is 71.2 Å². The Labute approximate surface area is 81.2 Å². The summed E-state index contributed by atoms with van der Waals surface area (Å²) in [5.41, 5.74) is 9.67. The van der Waals surface area contributed by atoms with Crippen molar-refractivity contribution in [3.05, 3.63) is 36.3 Å². The van der Waals surface area contributed by atoms with Crippen LogP contribution in [0.4, 0.5) is 5.69 Å². The number of nitrogens with zero attached hydrogens (tertiary/aromatic N) is 2. The Morgan fingerprint density at radius 2 is 2.21 bits per heavy atom. The molecule has 1 aromatic rings. The number of carbonyl (C=O) groups excluding carboxylic acids is 1. The zero-order valence-corrected chi connectivity index (χ0v) is 7.47. The van der Waals surface area contributed by atoms with Gasteiger partial charge in [-0.3, -0.25) is 14.8 Å². The molecule has 0 atom stereocenters. The van der Waals surface area contributed by atoms with Gasteiger partial charge in [0.15, 0.2) is 0 Å². The maximum absolute atomic E-state index is 10.9. The number of nitrogens with one attached hydrogen (secondary N) is 1. The van der Waals surface area contributed by atoms with Gasteiger partial charge in [-0.2, -0.15) is 0 Å². The van der Waals surface area contributed by atoms with Crippen molar-refractivity contribution in [1.29, 1.82) is 0 Å². The largest absolute Gasteiger partial charge is 0.366 e. The monoisotopic (exact) mass is 190 g/mol. The Morgan fingerprint density at radius 3 is 2.79 bits per heavy atom. The van der Waals surface area contributed by atoms with Gasteiger partial charge in [-0.25, -0.2) is 5.43 Å². The highest BCUT2D eigenvalue weighted by molar-refractivity contribution is 5.93. The summed E-state index contributed by atoms with van der Waals surface area (Å²) in [7, 11) is 0. The van der Waals surface area contributed by atoms with Crippen LogP contribution in [0.2, 0.25) is 0 Å². The van der Waals surface area contributed by atoms with Crippen LogP contribution in [0, 0.1) is 0 Å². The first-order valence-corrected chi connectivity index (χ1v) is 4.20. The molecule has 0 spiro atoms. The van der Waals surface area contributed by atoms with E-state index in [1.807, 2.05) is 12.1 Å². The molecule has 2 rings (SSSR count). The Bertz CT molecular complexity index is 374. The zero-order chi connectivity index (χ0) is 9.97. The van der Waals surface area contributed by atoms with E-state index in [-0.39, 0.29) is 0 Å². The molecule has 1 aliphatic heterocycles. The van der Waals surface area contributed by atoms with Crippen molar-refractivity contribution in [2.24, 2.45) is 5.73 Å². The van der Waals surface area contributed by atoms with E-state index in [9.17, 15) is 4.79 Å². The molecule has 0 bridgehead atoms. The van der Waals surface area contributed by atoms with Crippen molar-refractivity contribution < 1.29 is 4.79 Å². The number of anilines is 1. The fourth-order valence-corrected chi connectivity index (χ4v) is 1.24.